The molecular formula is C72H70B2N2. The quantitative estimate of drug-likeness (QED) is 0.121. The van der Waals surface area contributed by atoms with E-state index >= 15 is 0 Å². The van der Waals surface area contributed by atoms with Crippen molar-refractivity contribution in [1.29, 1.82) is 0 Å². The van der Waals surface area contributed by atoms with Crippen molar-refractivity contribution in [2.24, 2.45) is 0 Å². The van der Waals surface area contributed by atoms with Crippen molar-refractivity contribution in [1.82, 2.24) is 9.13 Å². The zero-order valence-corrected chi connectivity index (χ0v) is 45.4. The standard InChI is InChI=1S/C72H70B2N2/c1-41(2)50-33-55(43(5)6)69(56(34-50)44(7)8)73-61-28-21-27-54-53-26-19-20-29-65(53)75(71(54)61)67-40-63-68(39-62(67)73)76-66-31-30-49(47-22-15-13-16-23-47)32-59(66)60-37-52(48-24-17-14-18-25-48)38-64(72(60)76)74(63)70-57(45(9)10)35-51(42(3)4)36-58(70)46(11)12/h13-46H,1-12H3/i13D,14D,15D,16D,17D,18D,19D,20D,21D,22D,23D,24D,25D,26D,27D,28D,29D. The highest BCUT2D eigenvalue weighted by Gasteiger charge is 2.43. The summed E-state index contributed by atoms with van der Waals surface area (Å²) >= 11 is 0. The molecule has 0 N–H and O–H groups in total. The monoisotopic (exact) mass is 1000 g/mol. The van der Waals surface area contributed by atoms with Crippen molar-refractivity contribution in [2.45, 2.75) is 119 Å². The number of hydrogen-bond donors (Lipinski definition) is 0. The van der Waals surface area contributed by atoms with Gasteiger partial charge in [-0.15, -0.1) is 0 Å². The maximum atomic E-state index is 10.3. The maximum absolute atomic E-state index is 10.3. The highest BCUT2D eigenvalue weighted by Crippen LogP contribution is 2.41. The van der Waals surface area contributed by atoms with Gasteiger partial charge in [0.15, 0.2) is 0 Å². The van der Waals surface area contributed by atoms with Crippen molar-refractivity contribution >= 4 is 89.8 Å². The first-order valence-electron chi connectivity index (χ1n) is 35.6. The first kappa shape index (κ1) is 33.0. The molecule has 0 spiro atoms. The first-order chi connectivity index (χ1) is 43.7. The zero-order chi connectivity index (χ0) is 67.4. The predicted molar refractivity (Wildman–Crippen MR) is 333 cm³/mol. The highest BCUT2D eigenvalue weighted by molar-refractivity contribution is 7.00. The van der Waals surface area contributed by atoms with E-state index in [0.29, 0.717) is 66.2 Å². The molecule has 9 aromatic carbocycles. The lowest BCUT2D eigenvalue weighted by Crippen LogP contribution is -2.61. The van der Waals surface area contributed by atoms with Crippen LogP contribution in [0.5, 0.6) is 0 Å². The van der Waals surface area contributed by atoms with E-state index in [1.54, 1.807) is 6.07 Å². The summed E-state index contributed by atoms with van der Waals surface area (Å²) in [5, 5.41) is 1.36. The largest absolute Gasteiger partial charge is 0.310 e. The molecule has 2 aromatic heterocycles. The molecular weight excluding hydrogens is 914 g/mol. The molecule has 2 nitrogen and oxygen atoms in total. The molecule has 4 heterocycles. The van der Waals surface area contributed by atoms with Crippen LogP contribution in [0, 0.1) is 0 Å². The lowest BCUT2D eigenvalue weighted by atomic mass is 9.31. The fourth-order valence-corrected chi connectivity index (χ4v) is 12.9. The summed E-state index contributed by atoms with van der Waals surface area (Å²) in [5.41, 5.74) is 14.4. The molecule has 0 saturated carbocycles. The van der Waals surface area contributed by atoms with Gasteiger partial charge in [-0.2, -0.15) is 0 Å². The Hall–Kier alpha value is -7.29. The van der Waals surface area contributed by atoms with Gasteiger partial charge < -0.3 is 9.13 Å². The molecule has 0 aliphatic carbocycles. The molecule has 13 rings (SSSR count). The minimum absolute atomic E-state index is 0.0210. The molecule has 374 valence electrons. The van der Waals surface area contributed by atoms with Crippen LogP contribution in [-0.4, -0.2) is 22.6 Å². The second-order valence-electron chi connectivity index (χ2n) is 23.1. The number of benzene rings is 9. The average Bonchev–Trinajstić information content (AvgIpc) is 1.57. The number of para-hydroxylation sites is 2. The van der Waals surface area contributed by atoms with Gasteiger partial charge in [0.1, 0.15) is 0 Å². The summed E-state index contributed by atoms with van der Waals surface area (Å²) in [7, 11) is 0. The van der Waals surface area contributed by atoms with Gasteiger partial charge in [-0.05, 0) is 149 Å². The lowest BCUT2D eigenvalue weighted by molar-refractivity contribution is 0.812. The second kappa shape index (κ2) is 18.2. The van der Waals surface area contributed by atoms with E-state index in [2.05, 4.69) is 124 Å². The van der Waals surface area contributed by atoms with Gasteiger partial charge in [0.25, 0.3) is 0 Å². The SMILES string of the molecule is [2H]c1c([2H])c([2H])c(-c2ccc3c(c2)c2cc(-c4c([2H])c([2H])c([2H])c([2H])c4[2H])cc4c2n3-c2cc3c(cc2B4c2c(C(C)C)cc(C(C)C)cc2C(C)C)-n2c4c([2H])c([2H])c([2H])c([2H])c4c4c([2H])c([2H])c([2H])c(c42)B3c2c(C(C)C)cc(C(C)C)cc2C(C)C)c([2H])c1[2H]. The predicted octanol–water partition coefficient (Wildman–Crippen LogP) is 15.6. The Balaban J connectivity index is 1.32. The van der Waals surface area contributed by atoms with Gasteiger partial charge in [-0.3, -0.25) is 0 Å². The fourth-order valence-electron chi connectivity index (χ4n) is 12.9. The average molecular weight is 1000 g/mol. The van der Waals surface area contributed by atoms with Gasteiger partial charge in [-0.1, -0.05) is 227 Å². The number of aromatic nitrogens is 2. The summed E-state index contributed by atoms with van der Waals surface area (Å²) in [6.07, 6.45) is 0. The van der Waals surface area contributed by atoms with Crippen LogP contribution in [0.1, 0.15) is 175 Å². The first-order valence-corrected chi connectivity index (χ1v) is 27.1. The fraction of sp³-hybridized carbons (Fsp3) is 0.250. The van der Waals surface area contributed by atoms with Crippen LogP contribution in [0.3, 0.4) is 0 Å². The van der Waals surface area contributed by atoms with Crippen molar-refractivity contribution in [3.63, 3.8) is 0 Å². The lowest BCUT2D eigenvalue weighted by Gasteiger charge is -2.36. The topological polar surface area (TPSA) is 9.86 Å². The van der Waals surface area contributed by atoms with Gasteiger partial charge in [0.2, 0.25) is 13.4 Å². The third-order valence-corrected chi connectivity index (χ3v) is 16.5. The molecule has 2 aliphatic rings. The summed E-state index contributed by atoms with van der Waals surface area (Å²) < 4.78 is 162. The van der Waals surface area contributed by atoms with Crippen LogP contribution in [0.4, 0.5) is 0 Å². The third-order valence-electron chi connectivity index (χ3n) is 16.5. The summed E-state index contributed by atoms with van der Waals surface area (Å²) in [6.45, 7) is 24.3. The van der Waals surface area contributed by atoms with Crippen LogP contribution in [0.15, 0.2) is 169 Å². The molecule has 0 fully saturated rings. The van der Waals surface area contributed by atoms with Crippen LogP contribution < -0.4 is 32.8 Å². The number of hydrogen-bond acceptors (Lipinski definition) is 0. The smallest absolute Gasteiger partial charge is 0.247 e. The summed E-state index contributed by atoms with van der Waals surface area (Å²) in [6, 6.07) is 15.1. The van der Waals surface area contributed by atoms with Crippen molar-refractivity contribution in [3.8, 4) is 33.6 Å². The number of rotatable bonds is 10. The summed E-state index contributed by atoms with van der Waals surface area (Å²) in [4.78, 5) is 0. The Bertz CT molecular complexity index is 5060. The zero-order valence-electron chi connectivity index (χ0n) is 62.4. The Morgan fingerprint density at radius 1 is 0.329 bits per heavy atom. The number of nitrogens with zero attached hydrogens (tertiary/aromatic N) is 2. The Kier molecular flexibility index (Phi) is 7.90. The molecule has 0 atom stereocenters. The Labute approximate surface area is 475 Å². The minimum Gasteiger partial charge on any atom is -0.310 e. The van der Waals surface area contributed by atoms with Crippen LogP contribution in [0.2, 0.25) is 0 Å². The molecule has 2 aliphatic heterocycles. The normalized spacial score (nSPS) is 16.3. The maximum Gasteiger partial charge on any atom is 0.247 e. The van der Waals surface area contributed by atoms with E-state index in [1.165, 1.54) is 0 Å². The molecule has 4 heteroatoms. The van der Waals surface area contributed by atoms with Crippen LogP contribution in [0.25, 0.3) is 77.2 Å². The van der Waals surface area contributed by atoms with Gasteiger partial charge in [0.05, 0.1) is 34.3 Å². The second-order valence-corrected chi connectivity index (χ2v) is 23.1. The van der Waals surface area contributed by atoms with Gasteiger partial charge in [-0.25, -0.2) is 0 Å². The summed E-state index contributed by atoms with van der Waals surface area (Å²) in [5.74, 6) is -0.0418. The molecule has 0 saturated heterocycles. The van der Waals surface area contributed by atoms with E-state index in [9.17, 15) is 13.7 Å². The van der Waals surface area contributed by atoms with Gasteiger partial charge in [0, 0.05) is 44.0 Å². The van der Waals surface area contributed by atoms with Crippen LogP contribution >= 0.6 is 0 Å². The van der Waals surface area contributed by atoms with E-state index < -0.39 is 85.9 Å². The van der Waals surface area contributed by atoms with Crippen molar-refractivity contribution in [3.05, 3.63) is 203 Å². The van der Waals surface area contributed by atoms with E-state index in [1.807, 2.05) is 28.8 Å². The molecule has 0 radical (unpaired) electrons. The van der Waals surface area contributed by atoms with Gasteiger partial charge >= 0.3 is 0 Å². The molecule has 0 unspecified atom stereocenters. The third kappa shape index (κ3) is 7.29. The highest BCUT2D eigenvalue weighted by atomic mass is 15.0. The van der Waals surface area contributed by atoms with Crippen LogP contribution in [-0.2, 0) is 0 Å². The van der Waals surface area contributed by atoms with Crippen molar-refractivity contribution in [2.75, 3.05) is 0 Å². The Morgan fingerprint density at radius 3 is 1.30 bits per heavy atom. The molecule has 0 bridgehead atoms. The molecule has 0 amide bonds. The van der Waals surface area contributed by atoms with E-state index in [-0.39, 0.29) is 93.1 Å². The van der Waals surface area contributed by atoms with E-state index in [4.69, 9.17) is 9.60 Å². The molecule has 76 heavy (non-hydrogen) atoms. The van der Waals surface area contributed by atoms with Crippen molar-refractivity contribution < 1.29 is 23.3 Å². The number of fused-ring (bicyclic) bond motifs is 10. The molecule has 11 aromatic rings. The van der Waals surface area contributed by atoms with E-state index in [0.717, 1.165) is 49.8 Å². The Morgan fingerprint density at radius 2 is 0.776 bits per heavy atom. The minimum atomic E-state index is -0.839.